The van der Waals surface area contributed by atoms with Gasteiger partial charge in [0.25, 0.3) is 0 Å². The zero-order valence-electron chi connectivity index (χ0n) is 8.26. The number of aliphatic hydroxyl groups excluding tert-OH is 1. The van der Waals surface area contributed by atoms with E-state index in [1.807, 2.05) is 0 Å². The van der Waals surface area contributed by atoms with Crippen molar-refractivity contribution in [2.24, 2.45) is 0 Å². The maximum absolute atomic E-state index is 10.6. The Morgan fingerprint density at radius 3 is 3.00 bits per heavy atom. The molecule has 1 aromatic rings. The number of nitrogens with zero attached hydrogens (tertiary/aromatic N) is 1. The topological polar surface area (TPSA) is 68.7 Å². The van der Waals surface area contributed by atoms with Gasteiger partial charge >= 0.3 is 0 Å². The molecule has 0 saturated carbocycles. The summed E-state index contributed by atoms with van der Waals surface area (Å²) in [5.74, 6) is 0.306. The highest BCUT2D eigenvalue weighted by Gasteiger charge is 2.02. The van der Waals surface area contributed by atoms with Crippen LogP contribution in [0.2, 0.25) is 0 Å². The summed E-state index contributed by atoms with van der Waals surface area (Å²) in [5, 5.41) is 8.44. The summed E-state index contributed by atoms with van der Waals surface area (Å²) >= 11 is 0. The van der Waals surface area contributed by atoms with Gasteiger partial charge in [0, 0.05) is 6.20 Å². The fourth-order valence-electron chi connectivity index (χ4n) is 0.977. The zero-order chi connectivity index (χ0) is 10.9. The second-order valence-electron chi connectivity index (χ2n) is 2.70. The van der Waals surface area contributed by atoms with Crippen LogP contribution in [0, 0.1) is 0 Å². The standard InChI is InChI=1S/C10H13NO4/c12-4-5-14-6-7-15-10-9(8-13)2-1-3-11-10/h1-3,8,12H,4-7H2. The van der Waals surface area contributed by atoms with Crippen LogP contribution >= 0.6 is 0 Å². The first kappa shape index (κ1) is 11.6. The Bertz CT molecular complexity index is 303. The average molecular weight is 211 g/mol. The Labute approximate surface area is 87.7 Å². The molecule has 1 aromatic heterocycles. The maximum Gasteiger partial charge on any atom is 0.224 e. The number of hydrogen-bond acceptors (Lipinski definition) is 5. The number of aldehydes is 1. The van der Waals surface area contributed by atoms with Crippen LogP contribution in [-0.2, 0) is 4.74 Å². The first-order chi connectivity index (χ1) is 7.38. The SMILES string of the molecule is O=Cc1cccnc1OCCOCCO. The van der Waals surface area contributed by atoms with Crippen LogP contribution in [0.3, 0.4) is 0 Å². The van der Waals surface area contributed by atoms with Crippen molar-refractivity contribution >= 4 is 6.29 Å². The van der Waals surface area contributed by atoms with E-state index in [2.05, 4.69) is 4.98 Å². The van der Waals surface area contributed by atoms with E-state index in [1.165, 1.54) is 0 Å². The van der Waals surface area contributed by atoms with Crippen molar-refractivity contribution in [3.05, 3.63) is 23.9 Å². The van der Waals surface area contributed by atoms with Gasteiger partial charge < -0.3 is 14.6 Å². The molecule has 0 amide bonds. The smallest absolute Gasteiger partial charge is 0.224 e. The van der Waals surface area contributed by atoms with Gasteiger partial charge in [0.05, 0.1) is 25.4 Å². The van der Waals surface area contributed by atoms with Gasteiger partial charge in [-0.2, -0.15) is 0 Å². The number of aromatic nitrogens is 1. The van der Waals surface area contributed by atoms with Crippen molar-refractivity contribution in [2.45, 2.75) is 0 Å². The normalized spacial score (nSPS) is 9.93. The van der Waals surface area contributed by atoms with Crippen LogP contribution in [0.5, 0.6) is 5.88 Å². The monoisotopic (exact) mass is 211 g/mol. The van der Waals surface area contributed by atoms with Gasteiger partial charge in [-0.05, 0) is 12.1 Å². The molecule has 5 heteroatoms. The predicted molar refractivity (Wildman–Crippen MR) is 53.0 cm³/mol. The lowest BCUT2D eigenvalue weighted by atomic mass is 10.3. The van der Waals surface area contributed by atoms with Crippen molar-refractivity contribution in [1.29, 1.82) is 0 Å². The third kappa shape index (κ3) is 4.05. The predicted octanol–water partition coefficient (Wildman–Crippen LogP) is 0.282. The number of carbonyl (C=O) groups is 1. The second kappa shape index (κ2) is 6.92. The third-order valence-electron chi connectivity index (χ3n) is 1.63. The molecule has 1 N–H and O–H groups in total. The molecule has 0 spiro atoms. The summed E-state index contributed by atoms with van der Waals surface area (Å²) in [4.78, 5) is 14.5. The molecular weight excluding hydrogens is 198 g/mol. The van der Waals surface area contributed by atoms with Gasteiger partial charge in [0.15, 0.2) is 6.29 Å². The van der Waals surface area contributed by atoms with E-state index in [0.717, 1.165) is 0 Å². The Morgan fingerprint density at radius 1 is 1.40 bits per heavy atom. The van der Waals surface area contributed by atoms with E-state index in [-0.39, 0.29) is 13.2 Å². The number of carbonyl (C=O) groups excluding carboxylic acids is 1. The fourth-order valence-corrected chi connectivity index (χ4v) is 0.977. The summed E-state index contributed by atoms with van der Waals surface area (Å²) < 4.78 is 10.2. The van der Waals surface area contributed by atoms with Crippen molar-refractivity contribution in [1.82, 2.24) is 4.98 Å². The van der Waals surface area contributed by atoms with E-state index in [9.17, 15) is 4.79 Å². The summed E-state index contributed by atoms with van der Waals surface area (Å²) in [5.41, 5.74) is 0.416. The van der Waals surface area contributed by atoms with Crippen molar-refractivity contribution in [2.75, 3.05) is 26.4 Å². The Hall–Kier alpha value is -1.46. The van der Waals surface area contributed by atoms with Crippen LogP contribution in [0.1, 0.15) is 10.4 Å². The molecule has 5 nitrogen and oxygen atoms in total. The quantitative estimate of drug-likeness (QED) is 0.518. The van der Waals surface area contributed by atoms with Crippen molar-refractivity contribution in [3.8, 4) is 5.88 Å². The molecule has 82 valence electrons. The fraction of sp³-hybridized carbons (Fsp3) is 0.400. The van der Waals surface area contributed by atoms with Gasteiger partial charge in [-0.1, -0.05) is 0 Å². The molecule has 0 atom stereocenters. The van der Waals surface area contributed by atoms with Gasteiger partial charge in [0.2, 0.25) is 5.88 Å². The van der Waals surface area contributed by atoms with Gasteiger partial charge in [-0.3, -0.25) is 4.79 Å². The highest BCUT2D eigenvalue weighted by Crippen LogP contribution is 2.10. The van der Waals surface area contributed by atoms with E-state index in [0.29, 0.717) is 30.9 Å². The minimum atomic E-state index is -0.0107. The second-order valence-corrected chi connectivity index (χ2v) is 2.70. The molecular formula is C10H13NO4. The van der Waals surface area contributed by atoms with Crippen molar-refractivity contribution < 1.29 is 19.4 Å². The molecule has 0 aliphatic rings. The third-order valence-corrected chi connectivity index (χ3v) is 1.63. The van der Waals surface area contributed by atoms with E-state index < -0.39 is 0 Å². The number of hydrogen-bond donors (Lipinski definition) is 1. The van der Waals surface area contributed by atoms with Crippen LogP contribution in [0.4, 0.5) is 0 Å². The molecule has 0 aromatic carbocycles. The Balaban J connectivity index is 2.33. The lowest BCUT2D eigenvalue weighted by Crippen LogP contribution is -2.10. The number of pyridine rings is 1. The summed E-state index contributed by atoms with van der Waals surface area (Å²) in [6, 6.07) is 3.29. The zero-order valence-corrected chi connectivity index (χ0v) is 8.26. The molecule has 0 unspecified atom stereocenters. The minimum Gasteiger partial charge on any atom is -0.475 e. The highest BCUT2D eigenvalue weighted by atomic mass is 16.5. The molecule has 0 aliphatic carbocycles. The van der Waals surface area contributed by atoms with Crippen LogP contribution in [0.15, 0.2) is 18.3 Å². The van der Waals surface area contributed by atoms with Crippen LogP contribution < -0.4 is 4.74 Å². The lowest BCUT2D eigenvalue weighted by Gasteiger charge is -2.06. The molecule has 0 bridgehead atoms. The molecule has 15 heavy (non-hydrogen) atoms. The van der Waals surface area contributed by atoms with Gasteiger partial charge in [0.1, 0.15) is 6.61 Å². The van der Waals surface area contributed by atoms with E-state index in [4.69, 9.17) is 14.6 Å². The van der Waals surface area contributed by atoms with Crippen LogP contribution in [-0.4, -0.2) is 42.8 Å². The first-order valence-electron chi connectivity index (χ1n) is 4.60. The summed E-state index contributed by atoms with van der Waals surface area (Å²) in [6.07, 6.45) is 2.24. The minimum absolute atomic E-state index is 0.0107. The Kier molecular flexibility index (Phi) is 5.35. The lowest BCUT2D eigenvalue weighted by molar-refractivity contribution is 0.0692. The number of rotatable bonds is 7. The average Bonchev–Trinajstić information content (AvgIpc) is 2.29. The van der Waals surface area contributed by atoms with E-state index >= 15 is 0 Å². The highest BCUT2D eigenvalue weighted by molar-refractivity contribution is 5.77. The summed E-state index contributed by atoms with van der Waals surface area (Å²) in [7, 11) is 0. The van der Waals surface area contributed by atoms with Gasteiger partial charge in [-0.25, -0.2) is 4.98 Å². The largest absolute Gasteiger partial charge is 0.475 e. The molecule has 0 fully saturated rings. The molecule has 1 heterocycles. The number of ether oxygens (including phenoxy) is 2. The molecule has 0 aliphatic heterocycles. The molecule has 1 rings (SSSR count). The Morgan fingerprint density at radius 2 is 2.27 bits per heavy atom. The molecule has 0 saturated heterocycles. The first-order valence-corrected chi connectivity index (χ1v) is 4.60. The summed E-state index contributed by atoms with van der Waals surface area (Å²) in [6.45, 7) is 0.933. The molecule has 0 radical (unpaired) electrons. The van der Waals surface area contributed by atoms with E-state index in [1.54, 1.807) is 18.3 Å². The van der Waals surface area contributed by atoms with Crippen molar-refractivity contribution in [3.63, 3.8) is 0 Å². The maximum atomic E-state index is 10.6. The van der Waals surface area contributed by atoms with Crippen LogP contribution in [0.25, 0.3) is 0 Å². The number of aliphatic hydroxyl groups is 1. The van der Waals surface area contributed by atoms with Gasteiger partial charge in [-0.15, -0.1) is 0 Å².